The highest BCUT2D eigenvalue weighted by atomic mass is 16.6. The van der Waals surface area contributed by atoms with Gasteiger partial charge in [-0.15, -0.1) is 0 Å². The number of hydrogen-bond acceptors (Lipinski definition) is 3. The Morgan fingerprint density at radius 3 is 2.71 bits per heavy atom. The summed E-state index contributed by atoms with van der Waals surface area (Å²) in [6.07, 6.45) is 10.0. The second-order valence-electron chi connectivity index (χ2n) is 4.48. The lowest BCUT2D eigenvalue weighted by atomic mass is 9.93. The van der Waals surface area contributed by atoms with Crippen molar-refractivity contribution in [2.75, 3.05) is 13.7 Å². The number of cyclic esters (lactones) is 1. The van der Waals surface area contributed by atoms with Gasteiger partial charge in [0.25, 0.3) is 0 Å². The fourth-order valence-electron chi connectivity index (χ4n) is 1.63. The molecule has 0 aromatic rings. The third-order valence-corrected chi connectivity index (χ3v) is 2.60. The van der Waals surface area contributed by atoms with Crippen LogP contribution in [0.15, 0.2) is 36.0 Å². The number of allylic oxidation sites excluding steroid dienone is 4. The molecule has 1 aliphatic carbocycles. The van der Waals surface area contributed by atoms with E-state index in [0.717, 1.165) is 12.7 Å². The van der Waals surface area contributed by atoms with E-state index in [9.17, 15) is 4.79 Å². The first-order valence-electron chi connectivity index (χ1n) is 5.53. The first-order chi connectivity index (χ1) is 8.07. The van der Waals surface area contributed by atoms with Crippen molar-refractivity contribution < 1.29 is 14.6 Å². The highest BCUT2D eigenvalue weighted by molar-refractivity contribution is 5.70. The average Bonchev–Trinajstić information content (AvgIpc) is 2.64. The van der Waals surface area contributed by atoms with Crippen LogP contribution >= 0.6 is 0 Å². The summed E-state index contributed by atoms with van der Waals surface area (Å²) in [5, 5.41) is 9.76. The van der Waals surface area contributed by atoms with Crippen LogP contribution in [0.1, 0.15) is 13.8 Å². The van der Waals surface area contributed by atoms with Crippen LogP contribution < -0.4 is 5.32 Å². The summed E-state index contributed by atoms with van der Waals surface area (Å²) >= 11 is 0. The van der Waals surface area contributed by atoms with Crippen molar-refractivity contribution in [2.45, 2.75) is 19.9 Å². The second-order valence-corrected chi connectivity index (χ2v) is 4.48. The first kappa shape index (κ1) is 13.5. The zero-order valence-electron chi connectivity index (χ0n) is 10.4. The van der Waals surface area contributed by atoms with Crippen LogP contribution in [-0.2, 0) is 4.74 Å². The van der Waals surface area contributed by atoms with Crippen molar-refractivity contribution in [3.8, 4) is 0 Å². The molecule has 1 unspecified atom stereocenters. The largest absolute Gasteiger partial charge is 0.447 e. The predicted molar refractivity (Wildman–Crippen MR) is 66.6 cm³/mol. The van der Waals surface area contributed by atoms with Crippen molar-refractivity contribution >= 4 is 6.09 Å². The highest BCUT2D eigenvalue weighted by Crippen LogP contribution is 2.24. The molecule has 0 spiro atoms. The van der Waals surface area contributed by atoms with Crippen molar-refractivity contribution in [2.24, 2.45) is 5.41 Å². The minimum absolute atomic E-state index is 0.00713. The number of carbonyl (C=O) groups excluding carboxylic acids is 1. The van der Waals surface area contributed by atoms with Gasteiger partial charge in [-0.25, -0.2) is 4.79 Å². The normalized spacial score (nSPS) is 25.1. The lowest BCUT2D eigenvalue weighted by Crippen LogP contribution is -2.27. The third kappa shape index (κ3) is 3.75. The van der Waals surface area contributed by atoms with E-state index in [2.05, 4.69) is 37.4 Å². The molecule has 1 atom stereocenters. The van der Waals surface area contributed by atoms with Gasteiger partial charge in [-0.1, -0.05) is 44.2 Å². The number of hydrogen-bond donors (Lipinski definition) is 2. The Bertz CT molecular complexity index is 367. The molecule has 4 nitrogen and oxygen atoms in total. The first-order valence-corrected chi connectivity index (χ1v) is 5.53. The van der Waals surface area contributed by atoms with Crippen molar-refractivity contribution in [1.29, 1.82) is 0 Å². The van der Waals surface area contributed by atoms with Gasteiger partial charge in [-0.3, -0.25) is 0 Å². The number of rotatable bonds is 1. The molecule has 2 aliphatic rings. The van der Waals surface area contributed by atoms with Crippen LogP contribution in [0.2, 0.25) is 0 Å². The lowest BCUT2D eigenvalue weighted by molar-refractivity contribution is 0.177. The Kier molecular flexibility index (Phi) is 4.52. The number of alkyl carbamates (subject to hydrolysis) is 1. The van der Waals surface area contributed by atoms with E-state index in [4.69, 9.17) is 9.84 Å². The van der Waals surface area contributed by atoms with E-state index in [1.807, 2.05) is 12.2 Å². The van der Waals surface area contributed by atoms with Gasteiger partial charge in [0, 0.05) is 12.5 Å². The number of carbonyl (C=O) groups is 1. The van der Waals surface area contributed by atoms with Crippen LogP contribution in [0.5, 0.6) is 0 Å². The Labute approximate surface area is 102 Å². The molecule has 1 amide bonds. The molecule has 1 heterocycles. The second kappa shape index (κ2) is 5.68. The van der Waals surface area contributed by atoms with Crippen molar-refractivity contribution in [3.63, 3.8) is 0 Å². The van der Waals surface area contributed by atoms with E-state index >= 15 is 0 Å². The van der Waals surface area contributed by atoms with Crippen LogP contribution in [0.25, 0.3) is 0 Å². The SMILES string of the molecule is CC1(C)C=CC=C(C2COC(=O)N2)C=C1.CO. The van der Waals surface area contributed by atoms with Crippen molar-refractivity contribution in [1.82, 2.24) is 5.32 Å². The van der Waals surface area contributed by atoms with E-state index in [-0.39, 0.29) is 17.6 Å². The minimum atomic E-state index is -0.332. The smallest absolute Gasteiger partial charge is 0.407 e. The molecule has 0 aromatic heterocycles. The van der Waals surface area contributed by atoms with Gasteiger partial charge in [-0.2, -0.15) is 0 Å². The van der Waals surface area contributed by atoms with Gasteiger partial charge >= 0.3 is 6.09 Å². The number of aliphatic hydroxyl groups is 1. The average molecular weight is 237 g/mol. The van der Waals surface area contributed by atoms with Gasteiger partial charge in [0.1, 0.15) is 6.61 Å². The van der Waals surface area contributed by atoms with Crippen LogP contribution in [0.4, 0.5) is 4.79 Å². The van der Waals surface area contributed by atoms with Gasteiger partial charge < -0.3 is 15.2 Å². The maximum atomic E-state index is 10.9. The fraction of sp³-hybridized carbons (Fsp3) is 0.462. The maximum Gasteiger partial charge on any atom is 0.407 e. The Balaban J connectivity index is 0.000000686. The summed E-state index contributed by atoms with van der Waals surface area (Å²) < 4.78 is 4.86. The standard InChI is InChI=1S/C12H15NO2.CH4O/c1-12(2)6-3-4-9(5-7-12)10-8-15-11(14)13-10;1-2/h3-7,10H,8H2,1-2H3,(H,13,14);2H,1H3. The molecule has 1 saturated heterocycles. The number of ether oxygens (including phenoxy) is 1. The van der Waals surface area contributed by atoms with Gasteiger partial charge in [0.2, 0.25) is 0 Å². The van der Waals surface area contributed by atoms with Crippen molar-refractivity contribution in [3.05, 3.63) is 36.0 Å². The molecule has 0 bridgehead atoms. The Hall–Kier alpha value is -1.55. The topological polar surface area (TPSA) is 58.6 Å². The van der Waals surface area contributed by atoms with Crippen LogP contribution in [0, 0.1) is 5.41 Å². The maximum absolute atomic E-state index is 10.9. The molecule has 2 rings (SSSR count). The highest BCUT2D eigenvalue weighted by Gasteiger charge is 2.25. The summed E-state index contributed by atoms with van der Waals surface area (Å²) in [6, 6.07) is -0.00713. The number of aliphatic hydroxyl groups excluding tert-OH is 1. The van der Waals surface area contributed by atoms with Gasteiger partial charge in [0.05, 0.1) is 6.04 Å². The van der Waals surface area contributed by atoms with E-state index in [1.165, 1.54) is 0 Å². The van der Waals surface area contributed by atoms with E-state index in [0.29, 0.717) is 6.61 Å². The minimum Gasteiger partial charge on any atom is -0.447 e. The molecule has 4 heteroatoms. The summed E-state index contributed by atoms with van der Waals surface area (Å²) in [7, 11) is 1.00. The summed E-state index contributed by atoms with van der Waals surface area (Å²) in [6.45, 7) is 4.70. The predicted octanol–water partition coefficient (Wildman–Crippen LogP) is 1.78. The molecule has 0 aromatic carbocycles. The molecule has 94 valence electrons. The zero-order valence-corrected chi connectivity index (χ0v) is 10.4. The quantitative estimate of drug-likeness (QED) is 0.731. The molecule has 17 heavy (non-hydrogen) atoms. The molecule has 1 fully saturated rings. The summed E-state index contributed by atoms with van der Waals surface area (Å²) in [5.74, 6) is 0. The molecule has 0 saturated carbocycles. The fourth-order valence-corrected chi connectivity index (χ4v) is 1.63. The molecule has 1 aliphatic heterocycles. The lowest BCUT2D eigenvalue weighted by Gasteiger charge is -2.13. The molecular weight excluding hydrogens is 218 g/mol. The monoisotopic (exact) mass is 237 g/mol. The van der Waals surface area contributed by atoms with E-state index in [1.54, 1.807) is 0 Å². The van der Waals surface area contributed by atoms with Crippen LogP contribution in [-0.4, -0.2) is 31.0 Å². The molecular formula is C13H19NO3. The Morgan fingerprint density at radius 2 is 2.12 bits per heavy atom. The third-order valence-electron chi connectivity index (χ3n) is 2.60. The molecule has 0 radical (unpaired) electrons. The summed E-state index contributed by atoms with van der Waals surface area (Å²) in [5.41, 5.74) is 1.16. The number of nitrogens with one attached hydrogen (secondary N) is 1. The number of amides is 1. The van der Waals surface area contributed by atoms with Gasteiger partial charge in [-0.05, 0) is 5.57 Å². The van der Waals surface area contributed by atoms with Crippen LogP contribution in [0.3, 0.4) is 0 Å². The van der Waals surface area contributed by atoms with Gasteiger partial charge in [0.15, 0.2) is 0 Å². The zero-order chi connectivity index (χ0) is 12.9. The van der Waals surface area contributed by atoms with E-state index < -0.39 is 0 Å². The summed E-state index contributed by atoms with van der Waals surface area (Å²) in [4.78, 5) is 10.9. The molecule has 2 N–H and O–H groups in total. The Morgan fingerprint density at radius 1 is 1.41 bits per heavy atom.